The van der Waals surface area contributed by atoms with Crippen LogP contribution in [0.2, 0.25) is 39.3 Å². The molecule has 0 N–H and O–H groups in total. The molecule has 6 unspecified atom stereocenters. The Hall–Kier alpha value is -3.09. The summed E-state index contributed by atoms with van der Waals surface area (Å²) in [5.41, 5.74) is 16.5. The molecular weight excluding hydrogens is 553 g/mol. The first kappa shape index (κ1) is 27.5. The van der Waals surface area contributed by atoms with E-state index in [-0.39, 0.29) is 0 Å². The highest BCUT2D eigenvalue weighted by atomic mass is 28.3. The van der Waals surface area contributed by atoms with Crippen molar-refractivity contribution < 1.29 is 0 Å². The predicted octanol–water partition coefficient (Wildman–Crippen LogP) is 10.9. The van der Waals surface area contributed by atoms with Gasteiger partial charge in [0, 0.05) is 23.2 Å². The van der Waals surface area contributed by atoms with E-state index in [1.165, 1.54) is 28.1 Å². The van der Waals surface area contributed by atoms with Gasteiger partial charge in [-0.15, -0.1) is 0 Å². The van der Waals surface area contributed by atoms with Crippen molar-refractivity contribution in [3.63, 3.8) is 0 Å². The van der Waals surface area contributed by atoms with Crippen LogP contribution in [0.25, 0.3) is 11.1 Å². The van der Waals surface area contributed by atoms with E-state index in [1.54, 1.807) is 33.4 Å². The summed E-state index contributed by atoms with van der Waals surface area (Å²) in [6, 6.07) is 32.3. The maximum Gasteiger partial charge on any atom is 0.148 e. The second-order valence-electron chi connectivity index (χ2n) is 15.9. The van der Waals surface area contributed by atoms with Crippen LogP contribution >= 0.6 is 0 Å². The van der Waals surface area contributed by atoms with Gasteiger partial charge in [0.2, 0.25) is 0 Å². The van der Waals surface area contributed by atoms with Crippen LogP contribution in [0.15, 0.2) is 78.9 Å². The quantitative estimate of drug-likeness (QED) is 0.216. The van der Waals surface area contributed by atoms with Crippen molar-refractivity contribution in [2.75, 3.05) is 9.13 Å². The molecule has 0 radical (unpaired) electrons. The number of benzene rings is 4. The molecule has 8 rings (SSSR count). The number of hydrogen-bond donors (Lipinski definition) is 0. The van der Waals surface area contributed by atoms with Gasteiger partial charge in [-0.05, 0) is 87.5 Å². The second-order valence-corrected chi connectivity index (χ2v) is 25.6. The van der Waals surface area contributed by atoms with E-state index in [1.807, 2.05) is 0 Å². The Morgan fingerprint density at radius 3 is 1.56 bits per heavy atom. The number of aryl methyl sites for hydroxylation is 1. The predicted molar refractivity (Wildman–Crippen MR) is 189 cm³/mol. The minimum Gasteiger partial charge on any atom is -0.391 e. The molecule has 4 aromatic rings. The molecule has 0 bridgehead atoms. The van der Waals surface area contributed by atoms with E-state index in [0.29, 0.717) is 35.8 Å². The summed E-state index contributed by atoms with van der Waals surface area (Å²) in [4.78, 5) is 0. The van der Waals surface area contributed by atoms with Crippen LogP contribution in [0.1, 0.15) is 88.5 Å². The molecule has 0 aromatic heterocycles. The molecule has 2 aliphatic carbocycles. The second kappa shape index (κ2) is 8.98. The van der Waals surface area contributed by atoms with E-state index in [0.717, 1.165) is 0 Å². The Balaban J connectivity index is 1.25. The lowest BCUT2D eigenvalue weighted by molar-refractivity contribution is 0.567. The average molecular weight is 599 g/mol. The van der Waals surface area contributed by atoms with Crippen molar-refractivity contribution in [3.8, 4) is 11.1 Å². The van der Waals surface area contributed by atoms with Gasteiger partial charge < -0.3 is 9.13 Å². The number of hydrogen-bond acceptors (Lipinski definition) is 2. The Kier molecular flexibility index (Phi) is 5.74. The molecule has 4 aromatic carbocycles. The molecule has 0 spiro atoms. The molecular formula is C39H46N2Si2. The fourth-order valence-corrected chi connectivity index (χ4v) is 13.8. The lowest BCUT2D eigenvalue weighted by Gasteiger charge is -2.39. The highest BCUT2D eigenvalue weighted by Gasteiger charge is 2.53. The van der Waals surface area contributed by atoms with Crippen LogP contribution in [0.4, 0.5) is 11.4 Å². The molecule has 220 valence electrons. The van der Waals surface area contributed by atoms with Crippen molar-refractivity contribution in [2.45, 2.75) is 95.8 Å². The van der Waals surface area contributed by atoms with Gasteiger partial charge in [-0.1, -0.05) is 113 Å². The van der Waals surface area contributed by atoms with E-state index >= 15 is 0 Å². The SMILES string of the molecule is Cc1ccc2c(c1)C1C(C)c3ccc(-c4ccc5c(c4)C4C(C)c6ccccc6C4N5[Si](C)(C)C)cc3C1N2[Si](C)(C)C. The normalized spacial score (nSPS) is 26.6. The molecule has 0 saturated heterocycles. The first-order chi connectivity index (χ1) is 20.4. The molecule has 6 atom stereocenters. The smallest absolute Gasteiger partial charge is 0.148 e. The molecule has 2 heterocycles. The third-order valence-electron chi connectivity index (χ3n) is 11.2. The lowest BCUT2D eigenvalue weighted by Crippen LogP contribution is -2.46. The van der Waals surface area contributed by atoms with E-state index < -0.39 is 16.5 Å². The van der Waals surface area contributed by atoms with Gasteiger partial charge in [-0.2, -0.15) is 0 Å². The Labute approximate surface area is 260 Å². The van der Waals surface area contributed by atoms with Gasteiger partial charge in [0.05, 0.1) is 12.1 Å². The maximum absolute atomic E-state index is 2.87. The molecule has 2 nitrogen and oxygen atoms in total. The van der Waals surface area contributed by atoms with Crippen LogP contribution in [-0.4, -0.2) is 16.5 Å². The zero-order chi connectivity index (χ0) is 30.2. The van der Waals surface area contributed by atoms with Gasteiger partial charge >= 0.3 is 0 Å². The zero-order valence-electron chi connectivity index (χ0n) is 27.4. The van der Waals surface area contributed by atoms with Crippen LogP contribution in [-0.2, 0) is 0 Å². The monoisotopic (exact) mass is 598 g/mol. The first-order valence-corrected chi connectivity index (χ1v) is 23.3. The minimum absolute atomic E-state index is 0.443. The fraction of sp³-hybridized carbons (Fsp3) is 0.385. The largest absolute Gasteiger partial charge is 0.391 e. The Morgan fingerprint density at radius 1 is 0.488 bits per heavy atom. The lowest BCUT2D eigenvalue weighted by atomic mass is 9.86. The van der Waals surface area contributed by atoms with Gasteiger partial charge in [-0.3, -0.25) is 0 Å². The van der Waals surface area contributed by atoms with Crippen LogP contribution in [0, 0.1) is 6.92 Å². The number of rotatable bonds is 3. The summed E-state index contributed by atoms with van der Waals surface area (Å²) in [6.07, 6.45) is 0. The topological polar surface area (TPSA) is 6.48 Å². The summed E-state index contributed by atoms with van der Waals surface area (Å²) >= 11 is 0. The van der Waals surface area contributed by atoms with E-state index in [4.69, 9.17) is 0 Å². The Morgan fingerprint density at radius 2 is 0.953 bits per heavy atom. The molecule has 0 fully saturated rings. The molecule has 0 amide bonds. The van der Waals surface area contributed by atoms with Gasteiger partial charge in [-0.25, -0.2) is 0 Å². The maximum atomic E-state index is 2.87. The van der Waals surface area contributed by atoms with Gasteiger partial charge in [0.25, 0.3) is 0 Å². The molecule has 2 aliphatic heterocycles. The molecule has 0 saturated carbocycles. The summed E-state index contributed by atoms with van der Waals surface area (Å²) in [6.45, 7) is 22.3. The Bertz CT molecular complexity index is 1790. The van der Waals surface area contributed by atoms with Crippen molar-refractivity contribution in [1.82, 2.24) is 0 Å². The van der Waals surface area contributed by atoms with Crippen LogP contribution in [0.3, 0.4) is 0 Å². The summed E-state index contributed by atoms with van der Waals surface area (Å²) in [7, 11) is -3.26. The van der Waals surface area contributed by atoms with Gasteiger partial charge in [0.15, 0.2) is 0 Å². The minimum atomic E-state index is -1.63. The highest BCUT2D eigenvalue weighted by Crippen LogP contribution is 2.64. The van der Waals surface area contributed by atoms with E-state index in [2.05, 4.69) is 148 Å². The number of fused-ring (bicyclic) bond motifs is 10. The third kappa shape index (κ3) is 3.75. The van der Waals surface area contributed by atoms with Crippen LogP contribution in [0.5, 0.6) is 0 Å². The molecule has 4 heteroatoms. The standard InChI is InChI=1S/C39H46N2Si2/c1-23-14-18-34-32(20-23)36-25(3)29-17-15-26(21-31(29)39(36)41(34)43(7,8)9)27-16-19-35-33(22-27)37-24(2)28-12-10-11-13-30(28)38(37)40(35)42(4,5)6/h10-22,24-25,36-39H,1-9H3. The number of anilines is 2. The fourth-order valence-electron chi connectivity index (χ4n) is 9.66. The summed E-state index contributed by atoms with van der Waals surface area (Å²) in [5.74, 6) is 2.12. The van der Waals surface area contributed by atoms with Crippen molar-refractivity contribution >= 4 is 27.8 Å². The number of nitrogens with zero attached hydrogens (tertiary/aromatic N) is 2. The van der Waals surface area contributed by atoms with E-state index in [9.17, 15) is 0 Å². The molecule has 4 aliphatic rings. The van der Waals surface area contributed by atoms with Crippen molar-refractivity contribution in [3.05, 3.63) is 118 Å². The zero-order valence-corrected chi connectivity index (χ0v) is 29.4. The van der Waals surface area contributed by atoms with Gasteiger partial charge in [0.1, 0.15) is 16.5 Å². The first-order valence-electron chi connectivity index (χ1n) is 16.4. The van der Waals surface area contributed by atoms with Crippen LogP contribution < -0.4 is 9.13 Å². The third-order valence-corrected chi connectivity index (χ3v) is 15.2. The summed E-state index contributed by atoms with van der Waals surface area (Å²) in [5, 5.41) is 0. The molecule has 43 heavy (non-hydrogen) atoms. The highest BCUT2D eigenvalue weighted by molar-refractivity contribution is 6.80. The average Bonchev–Trinajstić information content (AvgIpc) is 3.64. The van der Waals surface area contributed by atoms with Crippen molar-refractivity contribution in [2.24, 2.45) is 0 Å². The van der Waals surface area contributed by atoms with Crippen molar-refractivity contribution in [1.29, 1.82) is 0 Å². The summed E-state index contributed by atoms with van der Waals surface area (Å²) < 4.78 is 5.73.